The summed E-state index contributed by atoms with van der Waals surface area (Å²) in [6, 6.07) is 77.5. The Morgan fingerprint density at radius 3 is 1.42 bits per heavy atom. The van der Waals surface area contributed by atoms with Gasteiger partial charge in [0.2, 0.25) is 0 Å². The molecule has 0 N–H and O–H groups in total. The molecule has 0 saturated heterocycles. The van der Waals surface area contributed by atoms with Gasteiger partial charge >= 0.3 is 0 Å². The maximum Gasteiger partial charge on any atom is 0.129 e. The van der Waals surface area contributed by atoms with Crippen molar-refractivity contribution in [1.82, 2.24) is 0 Å². The van der Waals surface area contributed by atoms with Crippen LogP contribution in [0.25, 0.3) is 33.0 Å². The number of nitrogens with zero attached hydrogens (tertiary/aromatic N) is 4. The third-order valence-electron chi connectivity index (χ3n) is 11.5. The fraction of sp³-hybridized carbons (Fsp3) is 0.0370. The minimum Gasteiger partial charge on any atom is -0.457 e. The normalized spacial score (nSPS) is 13.2. The quantitative estimate of drug-likeness (QED) is 0.153. The maximum absolute atomic E-state index is 6.72. The molecule has 0 radical (unpaired) electrons. The Hall–Kier alpha value is -7.76. The summed E-state index contributed by atoms with van der Waals surface area (Å²) in [4.78, 5) is 9.64. The fourth-order valence-corrected chi connectivity index (χ4v) is 8.80. The van der Waals surface area contributed by atoms with Crippen LogP contribution in [0.1, 0.15) is 0 Å². The van der Waals surface area contributed by atoms with E-state index in [0.29, 0.717) is 13.3 Å². The Balaban J connectivity index is 0.968. The minimum absolute atomic E-state index is 0.623. The molecule has 0 bridgehead atoms. The number of ether oxygens (including phenoxy) is 1. The summed E-state index contributed by atoms with van der Waals surface area (Å²) >= 11 is 0. The third-order valence-corrected chi connectivity index (χ3v) is 11.5. The molecule has 59 heavy (non-hydrogen) atoms. The summed E-state index contributed by atoms with van der Waals surface area (Å²) in [7, 11) is 0. The molecule has 2 aliphatic rings. The fourth-order valence-electron chi connectivity index (χ4n) is 8.80. The van der Waals surface area contributed by atoms with Crippen LogP contribution in [-0.2, 0) is 0 Å². The van der Waals surface area contributed by atoms with Crippen LogP contribution in [0.5, 0.6) is 11.5 Å². The Morgan fingerprint density at radius 1 is 0.322 bits per heavy atom. The van der Waals surface area contributed by atoms with Crippen molar-refractivity contribution in [3.05, 3.63) is 218 Å². The lowest BCUT2D eigenvalue weighted by molar-refractivity contribution is 0.483. The Kier molecular flexibility index (Phi) is 8.55. The molecule has 0 amide bonds. The zero-order valence-corrected chi connectivity index (χ0v) is 32.4. The van der Waals surface area contributed by atoms with Gasteiger partial charge in [-0.05, 0) is 71.1 Å². The van der Waals surface area contributed by atoms with Crippen LogP contribution >= 0.6 is 0 Å². The molecule has 2 heterocycles. The highest BCUT2D eigenvalue weighted by atomic mass is 16.5. The minimum atomic E-state index is 0.623. The second-order valence-corrected chi connectivity index (χ2v) is 15.0. The molecule has 9 aromatic carbocycles. The van der Waals surface area contributed by atoms with Gasteiger partial charge in [-0.15, -0.1) is 0 Å². The second-order valence-electron chi connectivity index (χ2n) is 15.0. The summed E-state index contributed by atoms with van der Waals surface area (Å²) in [6.45, 7) is 1.33. The van der Waals surface area contributed by atoms with Crippen molar-refractivity contribution in [2.45, 2.75) is 0 Å². The SMILES string of the molecule is c1ccc(-c2cccc(-c3ccccc3)c2N2CN(c3cccc(Oc4cccc(N5CN(c6ccccc6)c6ccccc65)c4)c3)c3ccc4ccccc4c32)cc1. The van der Waals surface area contributed by atoms with Gasteiger partial charge < -0.3 is 24.3 Å². The van der Waals surface area contributed by atoms with Gasteiger partial charge in [-0.3, -0.25) is 0 Å². The van der Waals surface area contributed by atoms with E-state index in [1.54, 1.807) is 0 Å². The molecule has 0 aliphatic carbocycles. The maximum atomic E-state index is 6.72. The highest BCUT2D eigenvalue weighted by molar-refractivity contribution is 6.09. The topological polar surface area (TPSA) is 22.2 Å². The third kappa shape index (κ3) is 6.21. The average Bonchev–Trinajstić information content (AvgIpc) is 3.90. The monoisotopic (exact) mass is 760 g/mol. The first-order valence-electron chi connectivity index (χ1n) is 20.1. The van der Waals surface area contributed by atoms with Crippen LogP contribution in [-0.4, -0.2) is 13.3 Å². The van der Waals surface area contributed by atoms with Crippen LogP contribution in [0.15, 0.2) is 218 Å². The van der Waals surface area contributed by atoms with Crippen molar-refractivity contribution in [3.63, 3.8) is 0 Å². The van der Waals surface area contributed by atoms with Crippen molar-refractivity contribution in [2.75, 3.05) is 32.9 Å². The predicted octanol–water partition coefficient (Wildman–Crippen LogP) is 14.5. The Bertz CT molecular complexity index is 2890. The van der Waals surface area contributed by atoms with E-state index in [0.717, 1.165) is 28.6 Å². The van der Waals surface area contributed by atoms with Crippen LogP contribution in [0, 0.1) is 0 Å². The molecule has 0 saturated carbocycles. The number of para-hydroxylation sites is 4. The van der Waals surface area contributed by atoms with Gasteiger partial charge in [0.25, 0.3) is 0 Å². The van der Waals surface area contributed by atoms with Crippen molar-refractivity contribution in [1.29, 1.82) is 0 Å². The van der Waals surface area contributed by atoms with Crippen LogP contribution in [0.4, 0.5) is 45.5 Å². The standard InChI is InChI=1S/C54H40N4O/c1-4-17-39(18-5-1)47-29-16-30-48(40-19-6-2-7-20-40)53(47)58-38-57(52-34-33-41-21-10-11-28-49(41)54(52)58)44-25-15-27-46(36-44)59-45-26-14-24-43(35-45)56-37-55(42-22-8-3-9-23-42)50-31-12-13-32-51(50)56/h1-36H,37-38H2. The lowest BCUT2D eigenvalue weighted by Crippen LogP contribution is -2.25. The first-order valence-corrected chi connectivity index (χ1v) is 20.1. The highest BCUT2D eigenvalue weighted by Gasteiger charge is 2.33. The molecule has 0 aromatic heterocycles. The van der Waals surface area contributed by atoms with E-state index in [-0.39, 0.29) is 0 Å². The molecule has 5 heteroatoms. The molecule has 0 fully saturated rings. The Morgan fingerprint density at radius 2 is 0.797 bits per heavy atom. The summed E-state index contributed by atoms with van der Waals surface area (Å²) in [6.07, 6.45) is 0. The van der Waals surface area contributed by atoms with E-state index in [1.807, 2.05) is 12.1 Å². The van der Waals surface area contributed by atoms with E-state index >= 15 is 0 Å². The molecule has 5 nitrogen and oxygen atoms in total. The summed E-state index contributed by atoms with van der Waals surface area (Å²) in [5, 5.41) is 2.42. The second kappa shape index (κ2) is 14.6. The predicted molar refractivity (Wildman–Crippen MR) is 245 cm³/mol. The van der Waals surface area contributed by atoms with Crippen LogP contribution < -0.4 is 24.3 Å². The van der Waals surface area contributed by atoms with Gasteiger partial charge in [0.05, 0.1) is 28.4 Å². The molecular formula is C54H40N4O. The number of rotatable bonds is 8. The van der Waals surface area contributed by atoms with Crippen molar-refractivity contribution in [3.8, 4) is 33.8 Å². The Labute approximate surface area is 344 Å². The molecule has 282 valence electrons. The van der Waals surface area contributed by atoms with Crippen molar-refractivity contribution >= 4 is 56.3 Å². The van der Waals surface area contributed by atoms with E-state index in [9.17, 15) is 0 Å². The van der Waals surface area contributed by atoms with Crippen LogP contribution in [0.3, 0.4) is 0 Å². The summed E-state index contributed by atoms with van der Waals surface area (Å²) < 4.78 is 6.72. The average molecular weight is 761 g/mol. The van der Waals surface area contributed by atoms with Gasteiger partial charge in [-0.25, -0.2) is 0 Å². The molecule has 0 unspecified atom stereocenters. The smallest absolute Gasteiger partial charge is 0.129 e. The first kappa shape index (κ1) is 34.5. The van der Waals surface area contributed by atoms with Gasteiger partial charge in [0, 0.05) is 45.7 Å². The lowest BCUT2D eigenvalue weighted by Gasteiger charge is -2.27. The largest absolute Gasteiger partial charge is 0.457 e. The van der Waals surface area contributed by atoms with Crippen molar-refractivity contribution < 1.29 is 4.74 Å². The van der Waals surface area contributed by atoms with E-state index in [2.05, 4.69) is 226 Å². The molecule has 9 aromatic rings. The number of benzene rings is 9. The molecular weight excluding hydrogens is 721 g/mol. The number of hydrogen-bond acceptors (Lipinski definition) is 5. The summed E-state index contributed by atoms with van der Waals surface area (Å²) in [5.41, 5.74) is 13.9. The van der Waals surface area contributed by atoms with E-state index in [1.165, 1.54) is 61.5 Å². The van der Waals surface area contributed by atoms with Gasteiger partial charge in [-0.1, -0.05) is 152 Å². The molecule has 0 atom stereocenters. The number of fused-ring (bicyclic) bond motifs is 4. The lowest BCUT2D eigenvalue weighted by atomic mass is 9.94. The number of anilines is 8. The van der Waals surface area contributed by atoms with Gasteiger partial charge in [-0.2, -0.15) is 0 Å². The molecule has 0 spiro atoms. The summed E-state index contributed by atoms with van der Waals surface area (Å²) in [5.74, 6) is 1.57. The van der Waals surface area contributed by atoms with Crippen molar-refractivity contribution in [2.24, 2.45) is 0 Å². The van der Waals surface area contributed by atoms with Crippen LogP contribution in [0.2, 0.25) is 0 Å². The zero-order chi connectivity index (χ0) is 39.1. The van der Waals surface area contributed by atoms with E-state index in [4.69, 9.17) is 4.74 Å². The zero-order valence-electron chi connectivity index (χ0n) is 32.4. The van der Waals surface area contributed by atoms with Gasteiger partial charge in [0.15, 0.2) is 0 Å². The highest BCUT2D eigenvalue weighted by Crippen LogP contribution is 2.53. The molecule has 11 rings (SSSR count). The molecule has 2 aliphatic heterocycles. The number of hydrogen-bond donors (Lipinski definition) is 0. The van der Waals surface area contributed by atoms with Gasteiger partial charge in [0.1, 0.15) is 24.8 Å². The van der Waals surface area contributed by atoms with E-state index < -0.39 is 0 Å². The first-order chi connectivity index (χ1) is 29.3.